The molecular weight excluding hydrogens is 356 g/mol. The minimum absolute atomic E-state index is 0.0867. The van der Waals surface area contributed by atoms with Crippen LogP contribution in [0.3, 0.4) is 0 Å². The van der Waals surface area contributed by atoms with Gasteiger partial charge in [-0.05, 0) is 31.2 Å². The first kappa shape index (κ1) is 19.4. The molecule has 0 aliphatic carbocycles. The lowest BCUT2D eigenvalue weighted by molar-refractivity contribution is -0.134. The molecule has 8 heteroatoms. The van der Waals surface area contributed by atoms with Crippen molar-refractivity contribution in [2.75, 3.05) is 20.2 Å². The highest BCUT2D eigenvalue weighted by molar-refractivity contribution is 7.89. The Morgan fingerprint density at radius 1 is 1.15 bits per heavy atom. The highest BCUT2D eigenvalue weighted by Crippen LogP contribution is 2.28. The van der Waals surface area contributed by atoms with Gasteiger partial charge in [-0.25, -0.2) is 8.42 Å². The molecule has 0 amide bonds. The monoisotopic (exact) mass is 374 g/mol. The molecule has 0 aromatic heterocycles. The Balaban J connectivity index is 2.13. The summed E-state index contributed by atoms with van der Waals surface area (Å²) in [5, 5.41) is 8.93. The van der Waals surface area contributed by atoms with E-state index < -0.39 is 22.5 Å². The summed E-state index contributed by atoms with van der Waals surface area (Å²) < 4.78 is 36.4. The van der Waals surface area contributed by atoms with Crippen LogP contribution in [-0.4, -0.2) is 38.9 Å². The van der Waals surface area contributed by atoms with Gasteiger partial charge in [0.1, 0.15) is 6.54 Å². The first-order valence-corrected chi connectivity index (χ1v) is 9.21. The van der Waals surface area contributed by atoms with E-state index in [1.165, 1.54) is 37.4 Å². The van der Waals surface area contributed by atoms with Gasteiger partial charge in [0.25, 0.3) is 0 Å². The lowest BCUT2D eigenvalue weighted by Crippen LogP contribution is -2.34. The van der Waals surface area contributed by atoms with E-state index in [2.05, 4.69) is 0 Å². The fraction of sp³-hybridized carbons (Fsp3) is 0.222. The number of nitrogens with zero attached hydrogens (tertiary/aromatic N) is 2. The van der Waals surface area contributed by atoms with Crippen molar-refractivity contribution in [3.05, 3.63) is 54.1 Å². The molecule has 0 aliphatic heterocycles. The molecule has 0 radical (unpaired) electrons. The highest BCUT2D eigenvalue weighted by atomic mass is 32.2. The van der Waals surface area contributed by atoms with E-state index in [-0.39, 0.29) is 16.4 Å². The largest absolute Gasteiger partial charge is 0.490 e. The molecule has 2 aromatic carbocycles. The van der Waals surface area contributed by atoms with Crippen LogP contribution in [0.25, 0.3) is 0 Å². The van der Waals surface area contributed by atoms with Gasteiger partial charge < -0.3 is 9.47 Å². The van der Waals surface area contributed by atoms with Crippen LogP contribution < -0.4 is 9.47 Å². The van der Waals surface area contributed by atoms with Gasteiger partial charge in [-0.2, -0.15) is 9.57 Å². The topological polar surface area (TPSA) is 96.7 Å². The van der Waals surface area contributed by atoms with Crippen molar-refractivity contribution in [2.45, 2.75) is 11.8 Å². The van der Waals surface area contributed by atoms with E-state index in [9.17, 15) is 13.2 Å². The van der Waals surface area contributed by atoms with Crippen LogP contribution in [0.4, 0.5) is 0 Å². The lowest BCUT2D eigenvalue weighted by Gasteiger charge is -2.17. The molecule has 0 heterocycles. The number of likely N-dealkylation sites (N-methyl/N-ethyl adjacent to an activating group) is 1. The minimum Gasteiger partial charge on any atom is -0.490 e. The summed E-state index contributed by atoms with van der Waals surface area (Å²) in [6.45, 7) is 1.61. The summed E-state index contributed by atoms with van der Waals surface area (Å²) in [5.74, 6) is -0.396. The Bertz CT molecular complexity index is 920. The molecule has 0 bridgehead atoms. The van der Waals surface area contributed by atoms with Gasteiger partial charge in [-0.1, -0.05) is 18.2 Å². The zero-order chi connectivity index (χ0) is 19.2. The third-order valence-electron chi connectivity index (χ3n) is 3.40. The molecular formula is C18H18N2O5S. The lowest BCUT2D eigenvalue weighted by atomic mass is 10.2. The Labute approximate surface area is 152 Å². The van der Waals surface area contributed by atoms with Gasteiger partial charge in [-0.3, -0.25) is 4.79 Å². The van der Waals surface area contributed by atoms with Gasteiger partial charge in [0.2, 0.25) is 10.0 Å². The van der Waals surface area contributed by atoms with E-state index >= 15 is 0 Å². The molecule has 2 rings (SSSR count). The molecule has 0 unspecified atom stereocenters. The first-order valence-electron chi connectivity index (χ1n) is 7.77. The Morgan fingerprint density at radius 3 is 2.46 bits per heavy atom. The van der Waals surface area contributed by atoms with Crippen molar-refractivity contribution in [3.63, 3.8) is 0 Å². The third-order valence-corrected chi connectivity index (χ3v) is 5.22. The van der Waals surface area contributed by atoms with Crippen LogP contribution in [-0.2, 0) is 14.8 Å². The number of ether oxygens (including phenoxy) is 2. The Hall–Kier alpha value is -2.89. The molecule has 0 fully saturated rings. The number of carbonyl (C=O) groups is 1. The van der Waals surface area contributed by atoms with Crippen molar-refractivity contribution in [2.24, 2.45) is 0 Å². The van der Waals surface area contributed by atoms with Gasteiger partial charge in [0.15, 0.2) is 11.5 Å². The highest BCUT2D eigenvalue weighted by Gasteiger charge is 2.24. The number of rotatable bonds is 7. The maximum atomic E-state index is 12.4. The third kappa shape index (κ3) is 4.59. The summed E-state index contributed by atoms with van der Waals surface area (Å²) in [5.41, 5.74) is 0.358. The number of hydrogen-bond donors (Lipinski definition) is 0. The summed E-state index contributed by atoms with van der Waals surface area (Å²) in [7, 11) is -2.50. The van der Waals surface area contributed by atoms with Crippen LogP contribution in [0.1, 0.15) is 12.5 Å². The van der Waals surface area contributed by atoms with E-state index in [1.807, 2.05) is 6.07 Å². The fourth-order valence-electron chi connectivity index (χ4n) is 2.12. The molecule has 2 aromatic rings. The summed E-state index contributed by atoms with van der Waals surface area (Å²) in [6.07, 6.45) is 0. The fourth-order valence-corrected chi connectivity index (χ4v) is 3.26. The Morgan fingerprint density at radius 2 is 1.85 bits per heavy atom. The number of esters is 1. The molecule has 0 N–H and O–H groups in total. The number of nitriles is 1. The van der Waals surface area contributed by atoms with Gasteiger partial charge in [-0.15, -0.1) is 0 Å². The average molecular weight is 374 g/mol. The second-order valence-electron chi connectivity index (χ2n) is 5.25. The second-order valence-corrected chi connectivity index (χ2v) is 7.30. The minimum atomic E-state index is -3.80. The quantitative estimate of drug-likeness (QED) is 0.544. The van der Waals surface area contributed by atoms with Crippen LogP contribution in [0.15, 0.2) is 53.4 Å². The van der Waals surface area contributed by atoms with E-state index in [1.54, 1.807) is 25.1 Å². The van der Waals surface area contributed by atoms with Crippen molar-refractivity contribution in [3.8, 4) is 17.6 Å². The van der Waals surface area contributed by atoms with Crippen LogP contribution in [0, 0.1) is 11.3 Å². The number of carbonyl (C=O) groups excluding carboxylic acids is 1. The van der Waals surface area contributed by atoms with Crippen LogP contribution in [0.2, 0.25) is 0 Å². The molecule has 0 atom stereocenters. The smallest absolute Gasteiger partial charge is 0.326 e. The molecule has 136 valence electrons. The molecule has 0 saturated heterocycles. The van der Waals surface area contributed by atoms with Crippen LogP contribution >= 0.6 is 0 Å². The second kappa shape index (κ2) is 8.47. The zero-order valence-electron chi connectivity index (χ0n) is 14.4. The molecule has 0 spiro atoms. The predicted molar refractivity (Wildman–Crippen MR) is 94.2 cm³/mol. The first-order chi connectivity index (χ1) is 12.4. The summed E-state index contributed by atoms with van der Waals surface area (Å²) in [4.78, 5) is 12.2. The van der Waals surface area contributed by atoms with Crippen molar-refractivity contribution in [1.82, 2.24) is 4.31 Å². The molecule has 26 heavy (non-hydrogen) atoms. The average Bonchev–Trinajstić information content (AvgIpc) is 2.64. The summed E-state index contributed by atoms with van der Waals surface area (Å²) >= 11 is 0. The molecule has 7 nitrogen and oxygen atoms in total. The van der Waals surface area contributed by atoms with Crippen molar-refractivity contribution >= 4 is 16.0 Å². The zero-order valence-corrected chi connectivity index (χ0v) is 15.2. The maximum absolute atomic E-state index is 12.4. The number of hydrogen-bond acceptors (Lipinski definition) is 6. The van der Waals surface area contributed by atoms with Crippen molar-refractivity contribution < 1.29 is 22.7 Å². The van der Waals surface area contributed by atoms with Gasteiger partial charge in [0.05, 0.1) is 23.1 Å². The van der Waals surface area contributed by atoms with Gasteiger partial charge in [0, 0.05) is 13.1 Å². The van der Waals surface area contributed by atoms with E-state index in [0.717, 1.165) is 4.31 Å². The predicted octanol–water partition coefficient (Wildman–Crippen LogP) is 2.18. The van der Waals surface area contributed by atoms with E-state index in [0.29, 0.717) is 12.2 Å². The van der Waals surface area contributed by atoms with E-state index in [4.69, 9.17) is 14.7 Å². The van der Waals surface area contributed by atoms with Crippen molar-refractivity contribution in [1.29, 1.82) is 5.26 Å². The normalized spacial score (nSPS) is 11.0. The molecule has 0 saturated carbocycles. The van der Waals surface area contributed by atoms with Crippen LogP contribution in [0.5, 0.6) is 11.5 Å². The SMILES string of the molecule is CCOc1cc(C#N)ccc1OC(=O)CN(C)S(=O)(=O)c1ccccc1. The maximum Gasteiger partial charge on any atom is 0.326 e. The molecule has 0 aliphatic rings. The van der Waals surface area contributed by atoms with Gasteiger partial charge >= 0.3 is 5.97 Å². The summed E-state index contributed by atoms with van der Waals surface area (Å²) in [6, 6.07) is 14.1. The number of benzene rings is 2. The Kier molecular flexibility index (Phi) is 6.33. The number of sulfonamides is 1. The standard InChI is InChI=1S/C18H18N2O5S/c1-3-24-17-11-14(12-19)9-10-16(17)25-18(21)13-20(2)26(22,23)15-7-5-4-6-8-15/h4-11H,3,13H2,1-2H3.